The van der Waals surface area contributed by atoms with Crippen molar-refractivity contribution in [3.05, 3.63) is 69.7 Å². The van der Waals surface area contributed by atoms with Crippen LogP contribution in [0.25, 0.3) is 0 Å². The molecule has 3 unspecified atom stereocenters. The molecule has 0 spiro atoms. The highest BCUT2D eigenvalue weighted by molar-refractivity contribution is 6.31. The van der Waals surface area contributed by atoms with Crippen molar-refractivity contribution in [2.24, 2.45) is 11.7 Å². The van der Waals surface area contributed by atoms with Crippen LogP contribution in [0.1, 0.15) is 24.2 Å². The molecule has 2 aromatic carbocycles. The largest absolute Gasteiger partial charge is 0.387 e. The number of hydrogen-bond acceptors (Lipinski definition) is 2. The second-order valence-corrected chi connectivity index (χ2v) is 6.19. The van der Waals surface area contributed by atoms with E-state index in [-0.39, 0.29) is 12.0 Å². The van der Waals surface area contributed by atoms with Gasteiger partial charge in [-0.05, 0) is 41.7 Å². The quantitative estimate of drug-likeness (QED) is 0.864. The molecule has 0 aromatic heterocycles. The first-order valence-corrected chi connectivity index (χ1v) is 7.67. The molecule has 4 heteroatoms. The second kappa shape index (κ2) is 7.28. The normalized spacial score (nSPS) is 15.5. The summed E-state index contributed by atoms with van der Waals surface area (Å²) in [5.74, 6) is 0.0823. The molecule has 3 N–H and O–H groups in total. The molecule has 3 atom stereocenters. The third kappa shape index (κ3) is 4.21. The lowest BCUT2D eigenvalue weighted by Gasteiger charge is -2.25. The lowest BCUT2D eigenvalue weighted by Crippen LogP contribution is -2.36. The highest BCUT2D eigenvalue weighted by Gasteiger charge is 2.23. The van der Waals surface area contributed by atoms with E-state index in [1.165, 1.54) is 0 Å². The summed E-state index contributed by atoms with van der Waals surface area (Å²) in [5.41, 5.74) is 7.98. The maximum Gasteiger partial charge on any atom is 0.0944 e. The Balaban J connectivity index is 2.08. The van der Waals surface area contributed by atoms with Crippen molar-refractivity contribution < 1.29 is 5.11 Å². The van der Waals surface area contributed by atoms with Crippen molar-refractivity contribution in [2.45, 2.75) is 25.5 Å². The number of aliphatic hydroxyl groups is 1. The topological polar surface area (TPSA) is 46.2 Å². The molecule has 0 heterocycles. The van der Waals surface area contributed by atoms with Crippen LogP contribution in [0.4, 0.5) is 0 Å². The van der Waals surface area contributed by atoms with Gasteiger partial charge in [-0.2, -0.15) is 0 Å². The van der Waals surface area contributed by atoms with Gasteiger partial charge in [-0.25, -0.2) is 0 Å². The first-order valence-electron chi connectivity index (χ1n) is 6.91. The molecule has 112 valence electrons. The molecule has 0 saturated heterocycles. The summed E-state index contributed by atoms with van der Waals surface area (Å²) >= 11 is 12.1. The Morgan fingerprint density at radius 2 is 1.81 bits per heavy atom. The van der Waals surface area contributed by atoms with Gasteiger partial charge in [0.1, 0.15) is 0 Å². The van der Waals surface area contributed by atoms with Gasteiger partial charge in [0.2, 0.25) is 0 Å². The van der Waals surface area contributed by atoms with Crippen molar-refractivity contribution in [3.63, 3.8) is 0 Å². The van der Waals surface area contributed by atoms with Crippen LogP contribution in [-0.4, -0.2) is 11.1 Å². The second-order valence-electron chi connectivity index (χ2n) is 5.35. The monoisotopic (exact) mass is 323 g/mol. The molecular weight excluding hydrogens is 305 g/mol. The summed E-state index contributed by atoms with van der Waals surface area (Å²) in [7, 11) is 0. The third-order valence-corrected chi connectivity index (χ3v) is 4.32. The predicted molar refractivity (Wildman–Crippen MR) is 88.7 cm³/mol. The van der Waals surface area contributed by atoms with Gasteiger partial charge in [0.05, 0.1) is 6.10 Å². The van der Waals surface area contributed by atoms with Gasteiger partial charge in [-0.3, -0.25) is 0 Å². The summed E-state index contributed by atoms with van der Waals surface area (Å²) in [5, 5.41) is 11.7. The molecule has 0 fully saturated rings. The fourth-order valence-corrected chi connectivity index (χ4v) is 2.78. The first kappa shape index (κ1) is 16.3. The summed E-state index contributed by atoms with van der Waals surface area (Å²) in [6.07, 6.45) is -0.0282. The van der Waals surface area contributed by atoms with Crippen molar-refractivity contribution in [2.75, 3.05) is 0 Å². The SMILES string of the molecule is CC(Cc1ccccc1Cl)C(N)C(O)c1cccc(Cl)c1. The Kier molecular flexibility index (Phi) is 5.65. The maximum absolute atomic E-state index is 10.4. The van der Waals surface area contributed by atoms with E-state index in [0.29, 0.717) is 5.02 Å². The maximum atomic E-state index is 10.4. The van der Waals surface area contributed by atoms with E-state index in [1.807, 2.05) is 43.3 Å². The Hall–Kier alpha value is -1.06. The van der Waals surface area contributed by atoms with Crippen LogP contribution in [0.5, 0.6) is 0 Å². The van der Waals surface area contributed by atoms with Gasteiger partial charge in [-0.15, -0.1) is 0 Å². The van der Waals surface area contributed by atoms with E-state index in [1.54, 1.807) is 12.1 Å². The number of aliphatic hydroxyl groups excluding tert-OH is 1. The molecule has 21 heavy (non-hydrogen) atoms. The Bertz CT molecular complexity index is 603. The summed E-state index contributed by atoms with van der Waals surface area (Å²) in [4.78, 5) is 0. The van der Waals surface area contributed by atoms with E-state index >= 15 is 0 Å². The van der Waals surface area contributed by atoms with Crippen molar-refractivity contribution in [1.29, 1.82) is 0 Å². The van der Waals surface area contributed by atoms with Crippen molar-refractivity contribution in [3.8, 4) is 0 Å². The number of halogens is 2. The van der Waals surface area contributed by atoms with Crippen LogP contribution in [0.15, 0.2) is 48.5 Å². The molecule has 2 rings (SSSR count). The van der Waals surface area contributed by atoms with Crippen LogP contribution in [0.2, 0.25) is 10.0 Å². The Morgan fingerprint density at radius 3 is 2.48 bits per heavy atom. The molecule has 0 aliphatic carbocycles. The van der Waals surface area contributed by atoms with E-state index in [9.17, 15) is 5.11 Å². The Labute approximate surface area is 135 Å². The molecule has 2 aromatic rings. The number of hydrogen-bond donors (Lipinski definition) is 2. The minimum Gasteiger partial charge on any atom is -0.387 e. The molecule has 0 aliphatic rings. The molecule has 0 amide bonds. The smallest absolute Gasteiger partial charge is 0.0944 e. The van der Waals surface area contributed by atoms with Crippen LogP contribution in [-0.2, 0) is 6.42 Å². The van der Waals surface area contributed by atoms with Gasteiger partial charge in [0, 0.05) is 16.1 Å². The Morgan fingerprint density at radius 1 is 1.10 bits per heavy atom. The van der Waals surface area contributed by atoms with E-state index < -0.39 is 6.10 Å². The first-order chi connectivity index (χ1) is 9.99. The average molecular weight is 324 g/mol. The standard InChI is InChI=1S/C17H19Cl2NO/c1-11(9-12-5-2-3-8-15(12)19)16(20)17(21)13-6-4-7-14(18)10-13/h2-8,10-11,16-17,21H,9,20H2,1H3. The van der Waals surface area contributed by atoms with Crippen LogP contribution >= 0.6 is 23.2 Å². The third-order valence-electron chi connectivity index (χ3n) is 3.71. The summed E-state index contributed by atoms with van der Waals surface area (Å²) in [6, 6.07) is 14.5. The van der Waals surface area contributed by atoms with Gasteiger partial charge < -0.3 is 10.8 Å². The average Bonchev–Trinajstić information content (AvgIpc) is 2.48. The van der Waals surface area contributed by atoms with E-state index in [4.69, 9.17) is 28.9 Å². The van der Waals surface area contributed by atoms with Crippen molar-refractivity contribution >= 4 is 23.2 Å². The minimum atomic E-state index is -0.749. The molecule has 0 saturated carbocycles. The lowest BCUT2D eigenvalue weighted by molar-refractivity contribution is 0.121. The zero-order chi connectivity index (χ0) is 15.4. The number of nitrogens with two attached hydrogens (primary N) is 1. The van der Waals surface area contributed by atoms with Crippen molar-refractivity contribution in [1.82, 2.24) is 0 Å². The van der Waals surface area contributed by atoms with Gasteiger partial charge in [0.25, 0.3) is 0 Å². The fourth-order valence-electron chi connectivity index (χ4n) is 2.37. The highest BCUT2D eigenvalue weighted by Crippen LogP contribution is 2.26. The molecule has 0 aliphatic heterocycles. The fraction of sp³-hybridized carbons (Fsp3) is 0.294. The molecule has 0 radical (unpaired) electrons. The van der Waals surface area contributed by atoms with E-state index in [0.717, 1.165) is 22.6 Å². The zero-order valence-corrected chi connectivity index (χ0v) is 13.4. The lowest BCUT2D eigenvalue weighted by atomic mass is 9.88. The van der Waals surface area contributed by atoms with Crippen LogP contribution in [0.3, 0.4) is 0 Å². The van der Waals surface area contributed by atoms with E-state index in [2.05, 4.69) is 0 Å². The summed E-state index contributed by atoms with van der Waals surface area (Å²) in [6.45, 7) is 2.02. The van der Waals surface area contributed by atoms with Gasteiger partial charge >= 0.3 is 0 Å². The van der Waals surface area contributed by atoms with Crippen LogP contribution < -0.4 is 5.73 Å². The zero-order valence-electron chi connectivity index (χ0n) is 11.8. The predicted octanol–water partition coefficient (Wildman–Crippen LogP) is 4.23. The molecule has 0 bridgehead atoms. The minimum absolute atomic E-state index is 0.0823. The highest BCUT2D eigenvalue weighted by atomic mass is 35.5. The van der Waals surface area contributed by atoms with Gasteiger partial charge in [0.15, 0.2) is 0 Å². The molecular formula is C17H19Cl2NO. The van der Waals surface area contributed by atoms with Gasteiger partial charge in [-0.1, -0.05) is 60.5 Å². The molecule has 2 nitrogen and oxygen atoms in total. The number of benzene rings is 2. The summed E-state index contributed by atoms with van der Waals surface area (Å²) < 4.78 is 0. The van der Waals surface area contributed by atoms with Crippen LogP contribution in [0, 0.1) is 5.92 Å². The number of rotatable bonds is 5.